The predicted octanol–water partition coefficient (Wildman–Crippen LogP) is 14.2. The zero-order valence-electron chi connectivity index (χ0n) is 32.5. The van der Waals surface area contributed by atoms with Crippen LogP contribution in [0.25, 0.3) is 0 Å². The summed E-state index contributed by atoms with van der Waals surface area (Å²) in [6, 6.07) is 0. The van der Waals surface area contributed by atoms with Crippen molar-refractivity contribution in [2.75, 3.05) is 0 Å². The highest BCUT2D eigenvalue weighted by Gasteiger charge is 2.57. The molecule has 1 spiro atoms. The molecule has 3 aliphatic rings. The molecule has 0 amide bonds. The minimum atomic E-state index is -0.355. The molecule has 0 aromatic carbocycles. The van der Waals surface area contributed by atoms with Crippen molar-refractivity contribution in [1.82, 2.24) is 0 Å². The van der Waals surface area contributed by atoms with Gasteiger partial charge in [-0.2, -0.15) is 0 Å². The number of aliphatic hydroxyl groups is 1. The Hall–Kier alpha value is -1.16. The summed E-state index contributed by atoms with van der Waals surface area (Å²) in [7, 11) is 0. The molecule has 1 aliphatic heterocycles. The highest BCUT2D eigenvalue weighted by Crippen LogP contribution is 2.57. The number of aliphatic hydroxyl groups excluding tert-OH is 1. The van der Waals surface area contributed by atoms with E-state index in [0.717, 1.165) is 38.5 Å². The van der Waals surface area contributed by atoms with Gasteiger partial charge in [0.15, 0.2) is 5.79 Å². The van der Waals surface area contributed by atoms with Crippen LogP contribution in [-0.2, 0) is 9.47 Å². The molecule has 1 saturated heterocycles. The average Bonchev–Trinajstić information content (AvgIpc) is 3.73. The molecular weight excluding hydrogens is 601 g/mol. The third-order valence-corrected chi connectivity index (χ3v) is 11.7. The van der Waals surface area contributed by atoms with Crippen molar-refractivity contribution >= 4 is 0 Å². The summed E-state index contributed by atoms with van der Waals surface area (Å²) in [5.41, 5.74) is 0.391. The third-order valence-electron chi connectivity index (χ3n) is 11.7. The monoisotopic (exact) mass is 681 g/mol. The molecule has 3 fully saturated rings. The molecule has 0 bridgehead atoms. The van der Waals surface area contributed by atoms with E-state index in [1.807, 2.05) is 0 Å². The lowest BCUT2D eigenvalue weighted by atomic mass is 9.76. The molecule has 49 heavy (non-hydrogen) atoms. The van der Waals surface area contributed by atoms with Gasteiger partial charge in [0.1, 0.15) is 0 Å². The van der Waals surface area contributed by atoms with E-state index >= 15 is 0 Å². The van der Waals surface area contributed by atoms with Crippen LogP contribution in [0.2, 0.25) is 0 Å². The summed E-state index contributed by atoms with van der Waals surface area (Å²) in [6.07, 6.45) is 58.1. The number of unbranched alkanes of at least 4 members (excludes halogenated alkanes) is 18. The Morgan fingerprint density at radius 2 is 0.878 bits per heavy atom. The first-order chi connectivity index (χ1) is 24.1. The number of rotatable bonds is 30. The van der Waals surface area contributed by atoms with Crippen molar-refractivity contribution in [1.29, 1.82) is 0 Å². The van der Waals surface area contributed by atoms with Crippen LogP contribution in [0.4, 0.5) is 0 Å². The summed E-state index contributed by atoms with van der Waals surface area (Å²) >= 11 is 0. The zero-order valence-corrected chi connectivity index (χ0v) is 32.5. The lowest BCUT2D eigenvalue weighted by Gasteiger charge is -2.32. The molecule has 0 radical (unpaired) electrons. The number of hydrogen-bond acceptors (Lipinski definition) is 3. The quantitative estimate of drug-likeness (QED) is 0.0606. The fourth-order valence-corrected chi connectivity index (χ4v) is 8.70. The Labute approximate surface area is 304 Å². The lowest BCUT2D eigenvalue weighted by molar-refractivity contribution is -0.184. The summed E-state index contributed by atoms with van der Waals surface area (Å²) in [6.45, 7) is 4.54. The van der Waals surface area contributed by atoms with E-state index in [1.54, 1.807) is 0 Å². The second kappa shape index (κ2) is 26.6. The Bertz CT molecular complexity index is 853. The maximum absolute atomic E-state index is 10.1. The smallest absolute Gasteiger partial charge is 0.169 e. The van der Waals surface area contributed by atoms with Crippen LogP contribution in [0, 0.1) is 5.41 Å². The standard InChI is InChI=1S/C46H80O3/c1-3-5-7-9-11-13-15-17-19-21-23-25-27-29-31-33-35-45(37-38-46(41-45)48-43-39-42(47)40-44(43)49-46)36-34-32-30-28-26-24-22-20-18-16-14-12-10-8-6-4-2/h11-14,17-20,42-44,47H,3-10,15-16,21-41H2,1-2H3/b13-11-,14-12-,19-17-,20-18-/t42?,43-,44-,46?/m0/s1. The van der Waals surface area contributed by atoms with Gasteiger partial charge in [-0.05, 0) is 88.9 Å². The van der Waals surface area contributed by atoms with E-state index in [4.69, 9.17) is 9.47 Å². The summed E-state index contributed by atoms with van der Waals surface area (Å²) in [5, 5.41) is 10.1. The molecule has 282 valence electrons. The van der Waals surface area contributed by atoms with Gasteiger partial charge in [0, 0.05) is 25.7 Å². The van der Waals surface area contributed by atoms with Crippen molar-refractivity contribution < 1.29 is 14.6 Å². The van der Waals surface area contributed by atoms with Crippen LogP contribution in [0.15, 0.2) is 48.6 Å². The SMILES string of the molecule is CCCCC/C=C\C/C=C\CCCCCCCCC1(CCCCCCCC/C=C\C/C=C\CCCCC)CCC2(C1)O[C@H]1CC(O)C[C@@H]1O2. The predicted molar refractivity (Wildman–Crippen MR) is 212 cm³/mol. The minimum Gasteiger partial charge on any atom is -0.393 e. The van der Waals surface area contributed by atoms with Crippen molar-refractivity contribution in [3.8, 4) is 0 Å². The Kier molecular flexibility index (Phi) is 22.9. The molecule has 0 aromatic rings. The van der Waals surface area contributed by atoms with Gasteiger partial charge in [0.2, 0.25) is 0 Å². The van der Waals surface area contributed by atoms with Gasteiger partial charge in [0.05, 0.1) is 18.3 Å². The van der Waals surface area contributed by atoms with Gasteiger partial charge in [0.25, 0.3) is 0 Å². The summed E-state index contributed by atoms with van der Waals surface area (Å²) in [4.78, 5) is 0. The fraction of sp³-hybridized carbons (Fsp3) is 0.826. The summed E-state index contributed by atoms with van der Waals surface area (Å²) in [5.74, 6) is -0.355. The van der Waals surface area contributed by atoms with Crippen molar-refractivity contribution in [2.45, 2.75) is 237 Å². The van der Waals surface area contributed by atoms with Crippen LogP contribution in [0.3, 0.4) is 0 Å². The Morgan fingerprint density at radius 1 is 0.490 bits per heavy atom. The van der Waals surface area contributed by atoms with Crippen molar-refractivity contribution in [2.24, 2.45) is 5.41 Å². The number of hydrogen-bond donors (Lipinski definition) is 1. The van der Waals surface area contributed by atoms with E-state index in [9.17, 15) is 5.11 Å². The maximum Gasteiger partial charge on any atom is 0.169 e. The van der Waals surface area contributed by atoms with Gasteiger partial charge < -0.3 is 14.6 Å². The molecule has 0 unspecified atom stereocenters. The number of allylic oxidation sites excluding steroid dienone is 8. The largest absolute Gasteiger partial charge is 0.393 e. The molecule has 0 aromatic heterocycles. The van der Waals surface area contributed by atoms with E-state index < -0.39 is 0 Å². The molecule has 2 aliphatic carbocycles. The number of fused-ring (bicyclic) bond motifs is 1. The lowest BCUT2D eigenvalue weighted by Crippen LogP contribution is -2.31. The first-order valence-corrected chi connectivity index (χ1v) is 21.7. The molecule has 1 N–H and O–H groups in total. The fourth-order valence-electron chi connectivity index (χ4n) is 8.70. The van der Waals surface area contributed by atoms with Gasteiger partial charge in [-0.1, -0.05) is 152 Å². The van der Waals surface area contributed by atoms with Gasteiger partial charge in [-0.3, -0.25) is 0 Å². The van der Waals surface area contributed by atoms with E-state index in [2.05, 4.69) is 62.5 Å². The van der Waals surface area contributed by atoms with E-state index in [1.165, 1.54) is 161 Å². The van der Waals surface area contributed by atoms with Gasteiger partial charge in [-0.15, -0.1) is 0 Å². The van der Waals surface area contributed by atoms with Crippen LogP contribution in [-0.4, -0.2) is 29.2 Å². The number of ether oxygens (including phenoxy) is 2. The molecule has 2 saturated carbocycles. The van der Waals surface area contributed by atoms with Crippen LogP contribution < -0.4 is 0 Å². The molecule has 1 heterocycles. The average molecular weight is 681 g/mol. The molecule has 2 atom stereocenters. The Morgan fingerprint density at radius 3 is 1.31 bits per heavy atom. The van der Waals surface area contributed by atoms with Crippen molar-refractivity contribution in [3.63, 3.8) is 0 Å². The second-order valence-corrected chi connectivity index (χ2v) is 16.2. The highest BCUT2D eigenvalue weighted by atomic mass is 16.8. The summed E-state index contributed by atoms with van der Waals surface area (Å²) < 4.78 is 13.2. The van der Waals surface area contributed by atoms with Crippen molar-refractivity contribution in [3.05, 3.63) is 48.6 Å². The zero-order chi connectivity index (χ0) is 34.7. The van der Waals surface area contributed by atoms with Gasteiger partial charge in [-0.25, -0.2) is 0 Å². The minimum absolute atomic E-state index is 0.120. The van der Waals surface area contributed by atoms with Crippen LogP contribution in [0.5, 0.6) is 0 Å². The topological polar surface area (TPSA) is 38.7 Å². The van der Waals surface area contributed by atoms with Crippen LogP contribution in [0.1, 0.15) is 213 Å². The maximum atomic E-state index is 10.1. The normalized spacial score (nSPS) is 22.0. The van der Waals surface area contributed by atoms with E-state index in [-0.39, 0.29) is 24.1 Å². The molecule has 3 heteroatoms. The molecule has 3 rings (SSSR count). The first-order valence-electron chi connectivity index (χ1n) is 21.7. The van der Waals surface area contributed by atoms with E-state index in [0.29, 0.717) is 5.41 Å². The third kappa shape index (κ3) is 18.2. The van der Waals surface area contributed by atoms with Gasteiger partial charge >= 0.3 is 0 Å². The highest BCUT2D eigenvalue weighted by molar-refractivity contribution is 5.02. The second-order valence-electron chi connectivity index (χ2n) is 16.2. The Balaban J connectivity index is 1.26. The molecular formula is C46H80O3. The van der Waals surface area contributed by atoms with Crippen LogP contribution >= 0.6 is 0 Å². The molecule has 3 nitrogen and oxygen atoms in total. The first kappa shape index (κ1) is 42.3.